The maximum atomic E-state index is 6.06. The topological polar surface area (TPSA) is 9.23 Å². The summed E-state index contributed by atoms with van der Waals surface area (Å²) in [4.78, 5) is 0. The molecule has 0 fully saturated rings. The zero-order valence-corrected chi connectivity index (χ0v) is 10.9. The third-order valence-electron chi connectivity index (χ3n) is 2.33. The van der Waals surface area contributed by atoms with Gasteiger partial charge in [0.05, 0.1) is 0 Å². The summed E-state index contributed by atoms with van der Waals surface area (Å²) in [5, 5.41) is 1.27. The molecule has 0 N–H and O–H groups in total. The molecule has 0 unspecified atom stereocenters. The first-order valence-electron chi connectivity index (χ1n) is 5.11. The number of rotatable bonds is 3. The van der Waals surface area contributed by atoms with Gasteiger partial charge in [-0.3, -0.25) is 0 Å². The SMILES string of the molecule is C#CC(C)(C)O[Si](C)(C)c1ccccc1. The van der Waals surface area contributed by atoms with Gasteiger partial charge in [-0.2, -0.15) is 0 Å². The van der Waals surface area contributed by atoms with Crippen LogP contribution < -0.4 is 5.19 Å². The van der Waals surface area contributed by atoms with Gasteiger partial charge in [0.15, 0.2) is 0 Å². The van der Waals surface area contributed by atoms with Crippen molar-refractivity contribution in [2.45, 2.75) is 32.5 Å². The van der Waals surface area contributed by atoms with Gasteiger partial charge in [-0.25, -0.2) is 0 Å². The lowest BCUT2D eigenvalue weighted by Crippen LogP contribution is -2.49. The Morgan fingerprint density at radius 3 is 2.20 bits per heavy atom. The van der Waals surface area contributed by atoms with Gasteiger partial charge in [-0.15, -0.1) is 6.42 Å². The highest BCUT2D eigenvalue weighted by molar-refractivity contribution is 6.84. The van der Waals surface area contributed by atoms with Crippen LogP contribution in [0.25, 0.3) is 0 Å². The second-order valence-corrected chi connectivity index (χ2v) is 8.44. The summed E-state index contributed by atoms with van der Waals surface area (Å²) in [5.41, 5.74) is -0.481. The summed E-state index contributed by atoms with van der Waals surface area (Å²) < 4.78 is 6.06. The molecule has 0 radical (unpaired) electrons. The smallest absolute Gasteiger partial charge is 0.220 e. The van der Waals surface area contributed by atoms with Crippen molar-refractivity contribution in [3.63, 3.8) is 0 Å². The van der Waals surface area contributed by atoms with E-state index in [0.29, 0.717) is 0 Å². The lowest BCUT2D eigenvalue weighted by molar-refractivity contribution is 0.167. The van der Waals surface area contributed by atoms with Crippen LogP contribution in [-0.2, 0) is 4.43 Å². The standard InChI is InChI=1S/C13H18OSi/c1-6-13(2,3)14-15(4,5)12-10-8-7-9-11-12/h1,7-11H,2-5H3. The fourth-order valence-corrected chi connectivity index (χ4v) is 4.01. The maximum Gasteiger partial charge on any atom is 0.220 e. The Morgan fingerprint density at radius 1 is 1.20 bits per heavy atom. The molecule has 0 spiro atoms. The fraction of sp³-hybridized carbons (Fsp3) is 0.385. The van der Waals surface area contributed by atoms with E-state index < -0.39 is 13.9 Å². The van der Waals surface area contributed by atoms with Gasteiger partial charge >= 0.3 is 0 Å². The molecule has 1 aromatic rings. The summed E-state index contributed by atoms with van der Waals surface area (Å²) in [6.45, 7) is 8.21. The van der Waals surface area contributed by atoms with Gasteiger partial charge in [-0.05, 0) is 32.1 Å². The summed E-state index contributed by atoms with van der Waals surface area (Å²) >= 11 is 0. The highest BCUT2D eigenvalue weighted by Crippen LogP contribution is 2.16. The van der Waals surface area contributed by atoms with E-state index >= 15 is 0 Å². The van der Waals surface area contributed by atoms with Crippen LogP contribution in [-0.4, -0.2) is 13.9 Å². The van der Waals surface area contributed by atoms with Crippen LogP contribution in [0.2, 0.25) is 13.1 Å². The van der Waals surface area contributed by atoms with Crippen molar-refractivity contribution in [1.82, 2.24) is 0 Å². The summed E-state index contributed by atoms with van der Waals surface area (Å²) in [6, 6.07) is 10.3. The monoisotopic (exact) mass is 218 g/mol. The van der Waals surface area contributed by atoms with Crippen LogP contribution in [0.1, 0.15) is 13.8 Å². The largest absolute Gasteiger partial charge is 0.397 e. The van der Waals surface area contributed by atoms with Crippen molar-refractivity contribution in [3.05, 3.63) is 30.3 Å². The molecule has 1 rings (SSSR count). The quantitative estimate of drug-likeness (QED) is 0.559. The van der Waals surface area contributed by atoms with Gasteiger partial charge in [0.2, 0.25) is 8.32 Å². The first-order valence-corrected chi connectivity index (χ1v) is 8.02. The third-order valence-corrected chi connectivity index (χ3v) is 5.07. The maximum absolute atomic E-state index is 6.06. The number of terminal acetylenes is 1. The molecule has 15 heavy (non-hydrogen) atoms. The van der Waals surface area contributed by atoms with Gasteiger partial charge in [0.1, 0.15) is 5.60 Å². The molecule has 0 aliphatic heterocycles. The van der Waals surface area contributed by atoms with Crippen molar-refractivity contribution >= 4 is 13.5 Å². The van der Waals surface area contributed by atoms with E-state index in [2.05, 4.69) is 31.1 Å². The Bertz CT molecular complexity index is 360. The highest BCUT2D eigenvalue weighted by atomic mass is 28.4. The van der Waals surface area contributed by atoms with Crippen LogP contribution in [0.4, 0.5) is 0 Å². The molecule has 0 aromatic heterocycles. The van der Waals surface area contributed by atoms with Crippen LogP contribution in [0.15, 0.2) is 30.3 Å². The molecule has 0 saturated heterocycles. The van der Waals surface area contributed by atoms with Gasteiger partial charge < -0.3 is 4.43 Å². The molecule has 0 bridgehead atoms. The minimum Gasteiger partial charge on any atom is -0.397 e. The lowest BCUT2D eigenvalue weighted by atomic mass is 10.2. The molecule has 0 heterocycles. The van der Waals surface area contributed by atoms with Crippen molar-refractivity contribution < 1.29 is 4.43 Å². The zero-order chi connectivity index (χ0) is 11.5. The van der Waals surface area contributed by atoms with Crippen molar-refractivity contribution in [2.24, 2.45) is 0 Å². The van der Waals surface area contributed by atoms with Crippen molar-refractivity contribution in [2.75, 3.05) is 0 Å². The van der Waals surface area contributed by atoms with E-state index in [-0.39, 0.29) is 0 Å². The predicted octanol–water partition coefficient (Wildman–Crippen LogP) is 2.53. The first-order chi connectivity index (χ1) is 6.87. The summed E-state index contributed by atoms with van der Waals surface area (Å²) in [7, 11) is -1.88. The summed E-state index contributed by atoms with van der Waals surface area (Å²) in [5.74, 6) is 2.68. The second kappa shape index (κ2) is 4.22. The van der Waals surface area contributed by atoms with Crippen LogP contribution in [0.3, 0.4) is 0 Å². The van der Waals surface area contributed by atoms with Crippen LogP contribution in [0.5, 0.6) is 0 Å². The highest BCUT2D eigenvalue weighted by Gasteiger charge is 2.31. The Kier molecular flexibility index (Phi) is 3.38. The second-order valence-electron chi connectivity index (χ2n) is 4.63. The zero-order valence-electron chi connectivity index (χ0n) is 9.87. The Labute approximate surface area is 93.6 Å². The molecule has 0 atom stereocenters. The number of hydrogen-bond donors (Lipinski definition) is 0. The molecule has 1 nitrogen and oxygen atoms in total. The fourth-order valence-electron chi connectivity index (χ4n) is 1.57. The minimum absolute atomic E-state index is 0.481. The minimum atomic E-state index is -1.88. The van der Waals surface area contributed by atoms with Gasteiger partial charge in [-0.1, -0.05) is 36.3 Å². The molecule has 0 aliphatic rings. The van der Waals surface area contributed by atoms with E-state index in [1.807, 2.05) is 32.0 Å². The van der Waals surface area contributed by atoms with E-state index in [1.54, 1.807) is 0 Å². The molecule has 0 saturated carbocycles. The third kappa shape index (κ3) is 3.23. The number of benzene rings is 1. The lowest BCUT2D eigenvalue weighted by Gasteiger charge is -2.31. The molecular weight excluding hydrogens is 200 g/mol. The Hall–Kier alpha value is -1.04. The molecule has 2 heteroatoms. The Morgan fingerprint density at radius 2 is 1.73 bits per heavy atom. The van der Waals surface area contributed by atoms with Gasteiger partial charge in [0, 0.05) is 0 Å². The van der Waals surface area contributed by atoms with Crippen molar-refractivity contribution in [1.29, 1.82) is 0 Å². The van der Waals surface area contributed by atoms with E-state index in [0.717, 1.165) is 0 Å². The Balaban J connectivity index is 2.91. The van der Waals surface area contributed by atoms with E-state index in [4.69, 9.17) is 10.8 Å². The van der Waals surface area contributed by atoms with E-state index in [1.165, 1.54) is 5.19 Å². The normalized spacial score (nSPS) is 12.2. The van der Waals surface area contributed by atoms with Gasteiger partial charge in [0.25, 0.3) is 0 Å². The van der Waals surface area contributed by atoms with Crippen LogP contribution >= 0.6 is 0 Å². The van der Waals surface area contributed by atoms with Crippen molar-refractivity contribution in [3.8, 4) is 12.3 Å². The predicted molar refractivity (Wildman–Crippen MR) is 67.6 cm³/mol. The average Bonchev–Trinajstić information content (AvgIpc) is 2.18. The van der Waals surface area contributed by atoms with E-state index in [9.17, 15) is 0 Å². The average molecular weight is 218 g/mol. The first kappa shape index (κ1) is 12.0. The van der Waals surface area contributed by atoms with Crippen LogP contribution in [0, 0.1) is 12.3 Å². The number of hydrogen-bond acceptors (Lipinski definition) is 1. The molecule has 1 aromatic carbocycles. The molecular formula is C13H18OSi. The molecule has 80 valence electrons. The molecule has 0 aliphatic carbocycles. The molecule has 0 amide bonds. The summed E-state index contributed by atoms with van der Waals surface area (Å²) in [6.07, 6.45) is 5.44.